The molecule has 2 amide bonds. The number of carbonyl (C=O) groups is 2. The molecule has 2 rings (SSSR count). The van der Waals surface area contributed by atoms with Gasteiger partial charge in [0.2, 0.25) is 11.8 Å². The Morgan fingerprint density at radius 2 is 2.11 bits per heavy atom. The molecule has 3 N–H and O–H groups in total. The number of carbonyl (C=O) groups excluding carboxylic acids is 2. The molecule has 0 radical (unpaired) electrons. The highest BCUT2D eigenvalue weighted by molar-refractivity contribution is 5.99. The van der Waals surface area contributed by atoms with Gasteiger partial charge in [-0.3, -0.25) is 9.59 Å². The lowest BCUT2D eigenvalue weighted by atomic mass is 10.2. The van der Waals surface area contributed by atoms with Gasteiger partial charge in [0, 0.05) is 13.5 Å². The summed E-state index contributed by atoms with van der Waals surface area (Å²) in [7, 11) is 0. The fourth-order valence-electron chi connectivity index (χ4n) is 2.24. The Labute approximate surface area is 106 Å². The van der Waals surface area contributed by atoms with Crippen molar-refractivity contribution in [2.75, 3.05) is 17.6 Å². The van der Waals surface area contributed by atoms with Gasteiger partial charge in [-0.1, -0.05) is 12.1 Å². The van der Waals surface area contributed by atoms with Crippen LogP contribution in [0.4, 0.5) is 11.4 Å². The molecule has 0 spiro atoms. The van der Waals surface area contributed by atoms with Crippen LogP contribution in [0.1, 0.15) is 19.8 Å². The van der Waals surface area contributed by atoms with Crippen molar-refractivity contribution in [2.45, 2.75) is 25.8 Å². The third kappa shape index (κ3) is 2.45. The summed E-state index contributed by atoms with van der Waals surface area (Å²) in [5, 5.41) is 2.78. The predicted molar refractivity (Wildman–Crippen MR) is 69.9 cm³/mol. The normalized spacial score (nSPS) is 18.7. The molecule has 5 nitrogen and oxygen atoms in total. The summed E-state index contributed by atoms with van der Waals surface area (Å²) in [6.07, 6.45) is 1.57. The number of hydrogen-bond donors (Lipinski definition) is 2. The first-order valence-corrected chi connectivity index (χ1v) is 6.02. The number of benzene rings is 1. The van der Waals surface area contributed by atoms with Gasteiger partial charge in [0.25, 0.3) is 0 Å². The zero-order chi connectivity index (χ0) is 13.1. The summed E-state index contributed by atoms with van der Waals surface area (Å²) in [6, 6.07) is 6.72. The van der Waals surface area contributed by atoms with E-state index in [1.807, 2.05) is 12.1 Å². The topological polar surface area (TPSA) is 75.4 Å². The molecule has 1 unspecified atom stereocenters. The molecule has 0 aromatic heterocycles. The van der Waals surface area contributed by atoms with Crippen LogP contribution in [0.5, 0.6) is 0 Å². The maximum absolute atomic E-state index is 12.1. The summed E-state index contributed by atoms with van der Waals surface area (Å²) in [4.78, 5) is 25.1. The largest absolute Gasteiger partial charge is 0.397 e. The fourth-order valence-corrected chi connectivity index (χ4v) is 2.24. The van der Waals surface area contributed by atoms with Crippen molar-refractivity contribution in [2.24, 2.45) is 0 Å². The van der Waals surface area contributed by atoms with E-state index in [0.29, 0.717) is 24.3 Å². The zero-order valence-electron chi connectivity index (χ0n) is 10.3. The first-order valence-electron chi connectivity index (χ1n) is 6.02. The monoisotopic (exact) mass is 247 g/mol. The second-order valence-corrected chi connectivity index (χ2v) is 4.45. The number of anilines is 2. The number of rotatable bonds is 2. The minimum absolute atomic E-state index is 0.0614. The van der Waals surface area contributed by atoms with Crippen LogP contribution in [-0.4, -0.2) is 29.3 Å². The van der Waals surface area contributed by atoms with Gasteiger partial charge in [0.05, 0.1) is 11.4 Å². The van der Waals surface area contributed by atoms with Crippen molar-refractivity contribution >= 4 is 23.2 Å². The molecule has 96 valence electrons. The van der Waals surface area contributed by atoms with E-state index < -0.39 is 0 Å². The number of nitrogen functional groups attached to an aromatic ring is 1. The highest BCUT2D eigenvalue weighted by Gasteiger charge is 2.32. The number of nitrogens with one attached hydrogen (secondary N) is 1. The second-order valence-electron chi connectivity index (χ2n) is 4.45. The van der Waals surface area contributed by atoms with Gasteiger partial charge in [0.1, 0.15) is 6.04 Å². The van der Waals surface area contributed by atoms with E-state index in [4.69, 9.17) is 5.73 Å². The van der Waals surface area contributed by atoms with Crippen molar-refractivity contribution in [3.05, 3.63) is 24.3 Å². The van der Waals surface area contributed by atoms with Gasteiger partial charge in [-0.15, -0.1) is 0 Å². The molecule has 1 atom stereocenters. The van der Waals surface area contributed by atoms with Crippen LogP contribution in [0.3, 0.4) is 0 Å². The van der Waals surface area contributed by atoms with Crippen LogP contribution in [0, 0.1) is 0 Å². The van der Waals surface area contributed by atoms with E-state index in [1.54, 1.807) is 17.0 Å². The molecular weight excluding hydrogens is 230 g/mol. The van der Waals surface area contributed by atoms with Crippen LogP contribution in [0.25, 0.3) is 0 Å². The number of amides is 2. The highest BCUT2D eigenvalue weighted by atomic mass is 16.2. The SMILES string of the molecule is CC(=O)N1CCCC1C(=O)Nc1ccccc1N. The van der Waals surface area contributed by atoms with E-state index in [1.165, 1.54) is 6.92 Å². The summed E-state index contributed by atoms with van der Waals surface area (Å²) < 4.78 is 0. The Hall–Kier alpha value is -2.04. The fraction of sp³-hybridized carbons (Fsp3) is 0.385. The quantitative estimate of drug-likeness (QED) is 0.771. The number of hydrogen-bond acceptors (Lipinski definition) is 3. The average molecular weight is 247 g/mol. The zero-order valence-corrected chi connectivity index (χ0v) is 10.3. The van der Waals surface area contributed by atoms with Crippen molar-refractivity contribution in [3.63, 3.8) is 0 Å². The number of nitrogens with two attached hydrogens (primary N) is 1. The smallest absolute Gasteiger partial charge is 0.247 e. The predicted octanol–water partition coefficient (Wildman–Crippen LogP) is 1.22. The molecular formula is C13H17N3O2. The Morgan fingerprint density at radius 3 is 2.78 bits per heavy atom. The molecule has 0 saturated carbocycles. The van der Waals surface area contributed by atoms with E-state index >= 15 is 0 Å². The summed E-state index contributed by atoms with van der Waals surface area (Å²) >= 11 is 0. The van der Waals surface area contributed by atoms with Gasteiger partial charge in [-0.2, -0.15) is 0 Å². The summed E-state index contributed by atoms with van der Waals surface area (Å²) in [5.74, 6) is -0.228. The van der Waals surface area contributed by atoms with Gasteiger partial charge in [0.15, 0.2) is 0 Å². The van der Waals surface area contributed by atoms with Crippen LogP contribution >= 0.6 is 0 Å². The number of para-hydroxylation sites is 2. The Kier molecular flexibility index (Phi) is 3.50. The minimum atomic E-state index is -0.373. The van der Waals surface area contributed by atoms with Gasteiger partial charge in [-0.25, -0.2) is 0 Å². The van der Waals surface area contributed by atoms with Gasteiger partial charge in [-0.05, 0) is 25.0 Å². The minimum Gasteiger partial charge on any atom is -0.397 e. The van der Waals surface area contributed by atoms with Crippen LogP contribution < -0.4 is 11.1 Å². The van der Waals surface area contributed by atoms with Crippen molar-refractivity contribution < 1.29 is 9.59 Å². The molecule has 1 aliphatic heterocycles. The third-order valence-corrected chi connectivity index (χ3v) is 3.18. The van der Waals surface area contributed by atoms with E-state index in [2.05, 4.69) is 5.32 Å². The lowest BCUT2D eigenvalue weighted by Gasteiger charge is -2.22. The standard InChI is InChI=1S/C13H17N3O2/c1-9(17)16-8-4-7-12(16)13(18)15-11-6-3-2-5-10(11)14/h2-3,5-6,12H,4,7-8,14H2,1H3,(H,15,18). The lowest BCUT2D eigenvalue weighted by molar-refractivity contribution is -0.134. The van der Waals surface area contributed by atoms with E-state index in [-0.39, 0.29) is 17.9 Å². The first kappa shape index (κ1) is 12.4. The molecule has 1 aromatic carbocycles. The molecule has 1 aliphatic rings. The summed E-state index contributed by atoms with van der Waals surface area (Å²) in [5.41, 5.74) is 6.89. The molecule has 1 fully saturated rings. The molecule has 1 aromatic rings. The molecule has 1 saturated heterocycles. The third-order valence-electron chi connectivity index (χ3n) is 3.18. The van der Waals surface area contributed by atoms with Crippen molar-refractivity contribution in [1.82, 2.24) is 4.90 Å². The van der Waals surface area contributed by atoms with Crippen LogP contribution in [0.15, 0.2) is 24.3 Å². The molecule has 18 heavy (non-hydrogen) atoms. The molecule has 0 aliphatic carbocycles. The van der Waals surface area contributed by atoms with E-state index in [9.17, 15) is 9.59 Å². The van der Waals surface area contributed by atoms with Gasteiger partial charge >= 0.3 is 0 Å². The van der Waals surface area contributed by atoms with Crippen LogP contribution in [-0.2, 0) is 9.59 Å². The number of likely N-dealkylation sites (tertiary alicyclic amines) is 1. The number of nitrogens with zero attached hydrogens (tertiary/aromatic N) is 1. The van der Waals surface area contributed by atoms with Gasteiger partial charge < -0.3 is 16.0 Å². The second kappa shape index (κ2) is 5.08. The summed E-state index contributed by atoms with van der Waals surface area (Å²) in [6.45, 7) is 2.14. The lowest BCUT2D eigenvalue weighted by Crippen LogP contribution is -2.42. The molecule has 5 heteroatoms. The van der Waals surface area contributed by atoms with Crippen molar-refractivity contribution in [1.29, 1.82) is 0 Å². The Balaban J connectivity index is 2.08. The highest BCUT2D eigenvalue weighted by Crippen LogP contribution is 2.21. The van der Waals surface area contributed by atoms with E-state index in [0.717, 1.165) is 6.42 Å². The maximum Gasteiger partial charge on any atom is 0.247 e. The Bertz CT molecular complexity index is 473. The molecule has 0 bridgehead atoms. The average Bonchev–Trinajstić information content (AvgIpc) is 2.81. The molecule has 1 heterocycles. The van der Waals surface area contributed by atoms with Crippen molar-refractivity contribution in [3.8, 4) is 0 Å². The first-order chi connectivity index (χ1) is 8.59. The van der Waals surface area contributed by atoms with Crippen LogP contribution in [0.2, 0.25) is 0 Å². The Morgan fingerprint density at radius 1 is 1.39 bits per heavy atom. The maximum atomic E-state index is 12.1.